The molecule has 0 aliphatic rings. The van der Waals surface area contributed by atoms with Crippen molar-refractivity contribution in [1.82, 2.24) is 0 Å². The highest BCUT2D eigenvalue weighted by Crippen LogP contribution is 2.23. The second kappa shape index (κ2) is 3.51. The normalized spacial score (nSPS) is 11.3. The van der Waals surface area contributed by atoms with E-state index in [9.17, 15) is 8.42 Å². The molecule has 0 unspecified atom stereocenters. The van der Waals surface area contributed by atoms with E-state index in [1.807, 2.05) is 0 Å². The van der Waals surface area contributed by atoms with Gasteiger partial charge in [-0.3, -0.25) is 5.84 Å². The summed E-state index contributed by atoms with van der Waals surface area (Å²) in [5.41, 5.74) is 2.84. The Morgan fingerprint density at radius 1 is 1.38 bits per heavy atom. The molecule has 0 fully saturated rings. The van der Waals surface area contributed by atoms with Gasteiger partial charge >= 0.3 is 0 Å². The van der Waals surface area contributed by atoms with Gasteiger partial charge in [-0.2, -0.15) is 0 Å². The van der Waals surface area contributed by atoms with Crippen molar-refractivity contribution in [3.05, 3.63) is 23.2 Å². The number of halogens is 1. The van der Waals surface area contributed by atoms with Gasteiger partial charge in [0.05, 0.1) is 10.7 Å². The smallest absolute Gasteiger partial charge is 0.239 e. The first-order valence-electron chi connectivity index (χ1n) is 3.24. The summed E-state index contributed by atoms with van der Waals surface area (Å²) in [5, 5.41) is 4.93. The molecule has 1 aromatic rings. The minimum atomic E-state index is -3.76. The van der Waals surface area contributed by atoms with E-state index in [1.165, 1.54) is 18.2 Å². The first kappa shape index (κ1) is 10.3. The number of hydrogen-bond donors (Lipinski definition) is 3. The van der Waals surface area contributed by atoms with Crippen molar-refractivity contribution < 1.29 is 8.42 Å². The van der Waals surface area contributed by atoms with Gasteiger partial charge in [-0.25, -0.2) is 13.6 Å². The summed E-state index contributed by atoms with van der Waals surface area (Å²) in [6.07, 6.45) is 0. The highest BCUT2D eigenvalue weighted by atomic mass is 35.5. The molecule has 0 saturated heterocycles. The lowest BCUT2D eigenvalue weighted by molar-refractivity contribution is 0.598. The summed E-state index contributed by atoms with van der Waals surface area (Å²) in [6, 6.07) is 4.12. The molecule has 5 nitrogen and oxygen atoms in total. The number of nitrogens with two attached hydrogens (primary N) is 2. The Labute approximate surface area is 80.7 Å². The van der Waals surface area contributed by atoms with Crippen LogP contribution in [0.4, 0.5) is 5.69 Å². The SMILES string of the molecule is NNc1ccc(S(N)(=O)=O)c(Cl)c1. The quantitative estimate of drug-likeness (QED) is 0.493. The van der Waals surface area contributed by atoms with Gasteiger partial charge in [0, 0.05) is 0 Å². The zero-order chi connectivity index (χ0) is 10.1. The summed E-state index contributed by atoms with van der Waals surface area (Å²) < 4.78 is 21.8. The van der Waals surface area contributed by atoms with Crippen LogP contribution in [0.1, 0.15) is 0 Å². The van der Waals surface area contributed by atoms with Crippen LogP contribution in [0.3, 0.4) is 0 Å². The third-order valence-electron chi connectivity index (χ3n) is 1.41. The minimum Gasteiger partial charge on any atom is -0.324 e. The lowest BCUT2D eigenvalue weighted by atomic mass is 10.3. The Balaban J connectivity index is 3.29. The molecule has 0 bridgehead atoms. The molecule has 7 heteroatoms. The van der Waals surface area contributed by atoms with Crippen LogP contribution in [0, 0.1) is 0 Å². The number of anilines is 1. The first-order valence-corrected chi connectivity index (χ1v) is 5.16. The maximum absolute atomic E-state index is 10.9. The van der Waals surface area contributed by atoms with E-state index in [0.717, 1.165) is 0 Å². The molecule has 0 spiro atoms. The molecule has 0 aromatic heterocycles. The largest absolute Gasteiger partial charge is 0.324 e. The van der Waals surface area contributed by atoms with Crippen molar-refractivity contribution in [3.8, 4) is 0 Å². The monoisotopic (exact) mass is 221 g/mol. The fraction of sp³-hybridized carbons (Fsp3) is 0. The van der Waals surface area contributed by atoms with E-state index < -0.39 is 10.0 Å². The summed E-state index contributed by atoms with van der Waals surface area (Å²) in [4.78, 5) is -0.117. The van der Waals surface area contributed by atoms with Crippen molar-refractivity contribution in [2.45, 2.75) is 4.90 Å². The van der Waals surface area contributed by atoms with Crippen LogP contribution in [-0.4, -0.2) is 8.42 Å². The third kappa shape index (κ3) is 2.31. The summed E-state index contributed by atoms with van der Waals surface area (Å²) in [5.74, 6) is 5.09. The second-order valence-corrected chi connectivity index (χ2v) is 4.27. The van der Waals surface area contributed by atoms with Crippen LogP contribution in [-0.2, 0) is 10.0 Å². The van der Waals surface area contributed by atoms with Crippen molar-refractivity contribution in [1.29, 1.82) is 0 Å². The number of benzene rings is 1. The van der Waals surface area contributed by atoms with Crippen LogP contribution in [0.5, 0.6) is 0 Å². The maximum Gasteiger partial charge on any atom is 0.239 e. The fourth-order valence-corrected chi connectivity index (χ4v) is 1.91. The maximum atomic E-state index is 10.9. The number of hydrazine groups is 1. The standard InChI is InChI=1S/C6H8ClN3O2S/c7-5-3-4(10-8)1-2-6(5)13(9,11)12/h1-3,10H,8H2,(H2,9,11,12). The van der Waals surface area contributed by atoms with Crippen molar-refractivity contribution in [2.75, 3.05) is 5.43 Å². The molecular weight excluding hydrogens is 214 g/mol. The molecule has 5 N–H and O–H groups in total. The zero-order valence-corrected chi connectivity index (χ0v) is 8.06. The van der Waals surface area contributed by atoms with Gasteiger partial charge in [-0.05, 0) is 18.2 Å². The molecule has 0 aliphatic heterocycles. The molecule has 0 heterocycles. The van der Waals surface area contributed by atoms with Crippen molar-refractivity contribution in [2.24, 2.45) is 11.0 Å². The summed E-state index contributed by atoms with van der Waals surface area (Å²) in [7, 11) is -3.76. The van der Waals surface area contributed by atoms with Gasteiger partial charge in [0.2, 0.25) is 10.0 Å². The highest BCUT2D eigenvalue weighted by Gasteiger charge is 2.12. The molecule has 0 amide bonds. The van der Waals surface area contributed by atoms with Crippen LogP contribution in [0.2, 0.25) is 5.02 Å². The van der Waals surface area contributed by atoms with Crippen LogP contribution in [0.25, 0.3) is 0 Å². The Kier molecular flexibility index (Phi) is 2.77. The molecule has 72 valence electrons. The Morgan fingerprint density at radius 3 is 2.38 bits per heavy atom. The lowest BCUT2D eigenvalue weighted by Gasteiger charge is -2.03. The van der Waals surface area contributed by atoms with E-state index in [-0.39, 0.29) is 9.92 Å². The topological polar surface area (TPSA) is 98.2 Å². The number of nitrogen functional groups attached to an aromatic ring is 1. The van der Waals surface area contributed by atoms with Crippen molar-refractivity contribution in [3.63, 3.8) is 0 Å². The molecule has 0 aliphatic carbocycles. The van der Waals surface area contributed by atoms with Gasteiger partial charge in [-0.1, -0.05) is 11.6 Å². The summed E-state index contributed by atoms with van der Waals surface area (Å²) in [6.45, 7) is 0. The molecule has 13 heavy (non-hydrogen) atoms. The number of hydrogen-bond acceptors (Lipinski definition) is 4. The predicted octanol–water partition coefficient (Wildman–Crippen LogP) is 0.273. The minimum absolute atomic E-state index is 0.0398. The van der Waals surface area contributed by atoms with E-state index >= 15 is 0 Å². The molecule has 1 rings (SSSR count). The number of sulfonamides is 1. The fourth-order valence-electron chi connectivity index (χ4n) is 0.821. The first-order chi connectivity index (χ1) is 5.95. The Bertz CT molecular complexity index is 418. The van der Waals surface area contributed by atoms with Crippen molar-refractivity contribution >= 4 is 27.3 Å². The van der Waals surface area contributed by atoms with Gasteiger partial charge in [-0.15, -0.1) is 0 Å². The highest BCUT2D eigenvalue weighted by molar-refractivity contribution is 7.89. The molecule has 0 radical (unpaired) electrons. The third-order valence-corrected chi connectivity index (χ3v) is 2.80. The van der Waals surface area contributed by atoms with Crippen LogP contribution in [0.15, 0.2) is 23.1 Å². The van der Waals surface area contributed by atoms with Crippen LogP contribution >= 0.6 is 11.6 Å². The molecular formula is C6H8ClN3O2S. The van der Waals surface area contributed by atoms with E-state index in [0.29, 0.717) is 5.69 Å². The predicted molar refractivity (Wildman–Crippen MR) is 50.6 cm³/mol. The Hall–Kier alpha value is -0.820. The van der Waals surface area contributed by atoms with Gasteiger partial charge < -0.3 is 5.43 Å². The van der Waals surface area contributed by atoms with E-state index in [1.54, 1.807) is 0 Å². The second-order valence-electron chi connectivity index (χ2n) is 2.33. The molecule has 1 aromatic carbocycles. The molecule has 0 atom stereocenters. The number of primary sulfonamides is 1. The average molecular weight is 222 g/mol. The zero-order valence-electron chi connectivity index (χ0n) is 6.49. The Morgan fingerprint density at radius 2 is 2.00 bits per heavy atom. The van der Waals surface area contributed by atoms with Gasteiger partial charge in [0.15, 0.2) is 0 Å². The van der Waals surface area contributed by atoms with Gasteiger partial charge in [0.1, 0.15) is 4.90 Å². The van der Waals surface area contributed by atoms with Crippen LogP contribution < -0.4 is 16.4 Å². The van der Waals surface area contributed by atoms with Gasteiger partial charge in [0.25, 0.3) is 0 Å². The average Bonchev–Trinajstić information content (AvgIpc) is 2.01. The summed E-state index contributed by atoms with van der Waals surface area (Å²) >= 11 is 5.64. The number of nitrogens with one attached hydrogen (secondary N) is 1. The van der Waals surface area contributed by atoms with E-state index in [4.69, 9.17) is 22.6 Å². The number of rotatable bonds is 2. The molecule has 0 saturated carbocycles. The van der Waals surface area contributed by atoms with E-state index in [2.05, 4.69) is 5.43 Å². The lowest BCUT2D eigenvalue weighted by Crippen LogP contribution is -2.13.